The van der Waals surface area contributed by atoms with Crippen molar-refractivity contribution in [3.05, 3.63) is 53.7 Å². The molecule has 0 saturated carbocycles. The van der Waals surface area contributed by atoms with Crippen LogP contribution in [0.4, 0.5) is 0 Å². The number of rotatable bonds is 2. The predicted molar refractivity (Wildman–Crippen MR) is 69.4 cm³/mol. The molecule has 4 heteroatoms. The van der Waals surface area contributed by atoms with Gasteiger partial charge < -0.3 is 0 Å². The number of aryl methyl sites for hydroxylation is 1. The lowest BCUT2D eigenvalue weighted by Gasteiger charge is -2.03. The van der Waals surface area contributed by atoms with Crippen molar-refractivity contribution in [2.45, 2.75) is 6.92 Å². The maximum absolute atomic E-state index is 4.49. The van der Waals surface area contributed by atoms with Crippen molar-refractivity contribution >= 4 is 11.3 Å². The minimum Gasteiger partial charge on any atom is -0.227 e. The number of thiazole rings is 1. The van der Waals surface area contributed by atoms with Gasteiger partial charge in [-0.1, -0.05) is 30.3 Å². The lowest BCUT2D eigenvalue weighted by atomic mass is 10.1. The fourth-order valence-electron chi connectivity index (χ4n) is 1.78. The van der Waals surface area contributed by atoms with Gasteiger partial charge >= 0.3 is 0 Å². The molecule has 0 aliphatic rings. The minimum absolute atomic E-state index is 0.900. The highest BCUT2D eigenvalue weighted by molar-refractivity contribution is 7.12. The Morgan fingerprint density at radius 3 is 2.71 bits per heavy atom. The average molecular weight is 241 g/mol. The molecule has 3 aromatic rings. The Balaban J connectivity index is 2.18. The van der Waals surface area contributed by atoms with Crippen LogP contribution in [0.2, 0.25) is 0 Å². The van der Waals surface area contributed by atoms with E-state index in [-0.39, 0.29) is 0 Å². The monoisotopic (exact) mass is 241 g/mol. The Labute approximate surface area is 103 Å². The second-order valence-electron chi connectivity index (χ2n) is 3.76. The van der Waals surface area contributed by atoms with Gasteiger partial charge in [0.05, 0.1) is 11.4 Å². The van der Waals surface area contributed by atoms with Crippen LogP contribution in [0.5, 0.6) is 0 Å². The van der Waals surface area contributed by atoms with E-state index in [0.717, 1.165) is 22.1 Å². The second kappa shape index (κ2) is 4.14. The SMILES string of the molecule is Cc1cc(-c2ccccc2)n(-c2nccs2)n1. The summed E-state index contributed by atoms with van der Waals surface area (Å²) >= 11 is 1.59. The molecule has 3 nitrogen and oxygen atoms in total. The molecule has 0 unspecified atom stereocenters. The lowest BCUT2D eigenvalue weighted by Crippen LogP contribution is -1.98. The Hall–Kier alpha value is -1.94. The number of hydrogen-bond donors (Lipinski definition) is 0. The minimum atomic E-state index is 0.900. The summed E-state index contributed by atoms with van der Waals surface area (Å²) in [7, 11) is 0. The molecular weight excluding hydrogens is 230 g/mol. The first-order chi connectivity index (χ1) is 8.34. The molecule has 0 fully saturated rings. The molecule has 0 amide bonds. The standard InChI is InChI=1S/C13H11N3S/c1-10-9-12(11-5-3-2-4-6-11)16(15-10)13-14-7-8-17-13/h2-9H,1H3. The summed E-state index contributed by atoms with van der Waals surface area (Å²) in [5.41, 5.74) is 3.24. The third-order valence-electron chi connectivity index (χ3n) is 2.50. The molecule has 2 heterocycles. The van der Waals surface area contributed by atoms with E-state index in [2.05, 4.69) is 28.3 Å². The maximum atomic E-state index is 4.49. The third-order valence-corrected chi connectivity index (χ3v) is 3.25. The molecule has 0 saturated heterocycles. The first-order valence-electron chi connectivity index (χ1n) is 5.36. The van der Waals surface area contributed by atoms with Gasteiger partial charge in [0.25, 0.3) is 0 Å². The number of hydrogen-bond acceptors (Lipinski definition) is 3. The van der Waals surface area contributed by atoms with Gasteiger partial charge in [0.2, 0.25) is 5.13 Å². The van der Waals surface area contributed by atoms with Crippen LogP contribution in [-0.4, -0.2) is 14.8 Å². The topological polar surface area (TPSA) is 30.7 Å². The molecule has 84 valence electrons. The highest BCUT2D eigenvalue weighted by Gasteiger charge is 2.10. The van der Waals surface area contributed by atoms with Crippen LogP contribution in [0, 0.1) is 6.92 Å². The Kier molecular flexibility index (Phi) is 2.49. The lowest BCUT2D eigenvalue weighted by molar-refractivity contribution is 0.859. The van der Waals surface area contributed by atoms with Crippen LogP contribution in [0.1, 0.15) is 5.69 Å². The van der Waals surface area contributed by atoms with Crippen LogP contribution in [0.3, 0.4) is 0 Å². The van der Waals surface area contributed by atoms with Gasteiger partial charge in [0.1, 0.15) is 0 Å². The average Bonchev–Trinajstić information content (AvgIpc) is 2.98. The molecule has 1 aromatic carbocycles. The van der Waals surface area contributed by atoms with Gasteiger partial charge in [-0.3, -0.25) is 0 Å². The molecule has 0 aliphatic carbocycles. The highest BCUT2D eigenvalue weighted by Crippen LogP contribution is 2.24. The van der Waals surface area contributed by atoms with Crippen molar-refractivity contribution in [2.24, 2.45) is 0 Å². The van der Waals surface area contributed by atoms with Crippen LogP contribution < -0.4 is 0 Å². The van der Waals surface area contributed by atoms with Crippen molar-refractivity contribution in [1.29, 1.82) is 0 Å². The van der Waals surface area contributed by atoms with Gasteiger partial charge in [-0.2, -0.15) is 5.10 Å². The van der Waals surface area contributed by atoms with Crippen LogP contribution in [0.25, 0.3) is 16.4 Å². The predicted octanol–water partition coefficient (Wildman–Crippen LogP) is 3.30. The van der Waals surface area contributed by atoms with Gasteiger partial charge in [-0.25, -0.2) is 9.67 Å². The fraction of sp³-hybridized carbons (Fsp3) is 0.0769. The summed E-state index contributed by atoms with van der Waals surface area (Å²) in [6.45, 7) is 2.00. The quantitative estimate of drug-likeness (QED) is 0.689. The smallest absolute Gasteiger partial charge is 0.210 e. The van der Waals surface area contributed by atoms with E-state index in [0.29, 0.717) is 0 Å². The molecule has 0 atom stereocenters. The number of benzene rings is 1. The van der Waals surface area contributed by atoms with Crippen LogP contribution >= 0.6 is 11.3 Å². The van der Waals surface area contributed by atoms with Crippen molar-refractivity contribution in [3.8, 4) is 16.4 Å². The Morgan fingerprint density at radius 2 is 2.00 bits per heavy atom. The van der Waals surface area contributed by atoms with Crippen molar-refractivity contribution in [3.63, 3.8) is 0 Å². The second-order valence-corrected chi connectivity index (χ2v) is 4.64. The van der Waals surface area contributed by atoms with Gasteiger partial charge in [-0.15, -0.1) is 11.3 Å². The van der Waals surface area contributed by atoms with E-state index in [1.807, 2.05) is 35.2 Å². The molecule has 0 radical (unpaired) electrons. The molecule has 0 aliphatic heterocycles. The van der Waals surface area contributed by atoms with Gasteiger partial charge in [-0.05, 0) is 13.0 Å². The zero-order valence-corrected chi connectivity index (χ0v) is 10.2. The van der Waals surface area contributed by atoms with E-state index in [4.69, 9.17) is 0 Å². The number of aromatic nitrogens is 3. The van der Waals surface area contributed by atoms with Crippen LogP contribution in [0.15, 0.2) is 48.0 Å². The van der Waals surface area contributed by atoms with E-state index in [1.54, 1.807) is 17.5 Å². The Morgan fingerprint density at radius 1 is 1.18 bits per heavy atom. The summed E-state index contributed by atoms with van der Waals surface area (Å²) in [5.74, 6) is 0. The Bertz CT molecular complexity index is 611. The largest absolute Gasteiger partial charge is 0.227 e. The molecule has 2 aromatic heterocycles. The third kappa shape index (κ3) is 1.87. The zero-order chi connectivity index (χ0) is 11.7. The first kappa shape index (κ1) is 10.2. The highest BCUT2D eigenvalue weighted by atomic mass is 32.1. The first-order valence-corrected chi connectivity index (χ1v) is 6.24. The van der Waals surface area contributed by atoms with Crippen molar-refractivity contribution < 1.29 is 0 Å². The van der Waals surface area contributed by atoms with Crippen molar-refractivity contribution in [1.82, 2.24) is 14.8 Å². The summed E-state index contributed by atoms with van der Waals surface area (Å²) in [5, 5.41) is 7.35. The summed E-state index contributed by atoms with van der Waals surface area (Å²) in [6.07, 6.45) is 1.80. The summed E-state index contributed by atoms with van der Waals surface area (Å²) in [6, 6.07) is 12.3. The van der Waals surface area contributed by atoms with Crippen molar-refractivity contribution in [2.75, 3.05) is 0 Å². The maximum Gasteiger partial charge on any atom is 0.210 e. The zero-order valence-electron chi connectivity index (χ0n) is 9.37. The fourth-order valence-corrected chi connectivity index (χ4v) is 2.38. The van der Waals surface area contributed by atoms with E-state index in [9.17, 15) is 0 Å². The molecular formula is C13H11N3S. The summed E-state index contributed by atoms with van der Waals surface area (Å²) in [4.78, 5) is 4.30. The number of nitrogens with zero attached hydrogens (tertiary/aromatic N) is 3. The van der Waals surface area contributed by atoms with E-state index in [1.165, 1.54) is 0 Å². The normalized spacial score (nSPS) is 10.6. The summed E-state index contributed by atoms with van der Waals surface area (Å²) < 4.78 is 1.90. The molecule has 0 N–H and O–H groups in total. The molecule has 0 bridgehead atoms. The van der Waals surface area contributed by atoms with Gasteiger partial charge in [0, 0.05) is 17.1 Å². The molecule has 0 spiro atoms. The van der Waals surface area contributed by atoms with E-state index >= 15 is 0 Å². The molecule has 17 heavy (non-hydrogen) atoms. The van der Waals surface area contributed by atoms with Gasteiger partial charge in [0.15, 0.2) is 0 Å². The molecule has 3 rings (SSSR count). The van der Waals surface area contributed by atoms with Crippen LogP contribution in [-0.2, 0) is 0 Å². The van der Waals surface area contributed by atoms with E-state index < -0.39 is 0 Å².